The Morgan fingerprint density at radius 2 is 1.59 bits per heavy atom. The Balaban J connectivity index is 0.00000364. The maximum Gasteiger partial charge on any atom is 0.251 e. The molecule has 0 unspecified atom stereocenters. The standard InChI is InChI=1S/C19H29N5O2.HI/c1-3-20-17(25)15-7-5-14(6-8-15)13-24-19(21-4-2)23-12-11-22-18(26)16-9-10-16;/h5-8,16H,3-4,9-13H2,1-2H3,(H,20,25)(H,22,26)(H2,21,23,24);1H. The van der Waals surface area contributed by atoms with Gasteiger partial charge in [-0.25, -0.2) is 4.99 Å². The molecule has 0 atom stereocenters. The first-order valence-electron chi connectivity index (χ1n) is 9.31. The molecule has 4 N–H and O–H groups in total. The van der Waals surface area contributed by atoms with Crippen molar-refractivity contribution in [3.63, 3.8) is 0 Å². The van der Waals surface area contributed by atoms with Crippen molar-refractivity contribution in [3.8, 4) is 0 Å². The molecule has 0 radical (unpaired) electrons. The second-order valence-electron chi connectivity index (χ2n) is 6.24. The number of benzene rings is 1. The summed E-state index contributed by atoms with van der Waals surface area (Å²) in [5.41, 5.74) is 1.67. The van der Waals surface area contributed by atoms with Crippen molar-refractivity contribution in [2.45, 2.75) is 33.2 Å². The molecule has 0 bridgehead atoms. The molecule has 1 fully saturated rings. The van der Waals surface area contributed by atoms with Gasteiger partial charge in [0.15, 0.2) is 5.96 Å². The molecule has 7 nitrogen and oxygen atoms in total. The number of guanidine groups is 1. The van der Waals surface area contributed by atoms with Crippen LogP contribution < -0.4 is 21.3 Å². The Labute approximate surface area is 178 Å². The van der Waals surface area contributed by atoms with Gasteiger partial charge in [0.1, 0.15) is 0 Å². The lowest BCUT2D eigenvalue weighted by molar-refractivity contribution is -0.122. The predicted octanol–water partition coefficient (Wildman–Crippen LogP) is 1.64. The summed E-state index contributed by atoms with van der Waals surface area (Å²) in [5, 5.41) is 12.1. The molecule has 1 aromatic carbocycles. The van der Waals surface area contributed by atoms with Crippen LogP contribution in [-0.4, -0.2) is 44.0 Å². The molecule has 8 heteroatoms. The highest BCUT2D eigenvalue weighted by atomic mass is 127. The maximum atomic E-state index is 11.8. The van der Waals surface area contributed by atoms with Crippen LogP contribution in [0.15, 0.2) is 29.3 Å². The number of nitrogens with zero attached hydrogens (tertiary/aromatic N) is 1. The summed E-state index contributed by atoms with van der Waals surface area (Å²) < 4.78 is 0. The third kappa shape index (κ3) is 8.59. The van der Waals surface area contributed by atoms with E-state index >= 15 is 0 Å². The highest BCUT2D eigenvalue weighted by molar-refractivity contribution is 14.0. The summed E-state index contributed by atoms with van der Waals surface area (Å²) in [7, 11) is 0. The largest absolute Gasteiger partial charge is 0.357 e. The Kier molecular flexibility index (Phi) is 10.8. The maximum absolute atomic E-state index is 11.8. The van der Waals surface area contributed by atoms with Crippen LogP contribution in [0.3, 0.4) is 0 Å². The average Bonchev–Trinajstić information content (AvgIpc) is 3.49. The van der Waals surface area contributed by atoms with E-state index in [1.165, 1.54) is 0 Å². The van der Waals surface area contributed by atoms with Crippen LogP contribution in [0.2, 0.25) is 0 Å². The third-order valence-corrected chi connectivity index (χ3v) is 3.98. The lowest BCUT2D eigenvalue weighted by Crippen LogP contribution is -2.41. The first-order chi connectivity index (χ1) is 12.6. The van der Waals surface area contributed by atoms with E-state index in [2.05, 4.69) is 26.3 Å². The molecular formula is C19H30IN5O2. The summed E-state index contributed by atoms with van der Waals surface area (Å²) in [6.07, 6.45) is 2.03. The molecule has 0 aliphatic heterocycles. The molecule has 0 heterocycles. The van der Waals surface area contributed by atoms with Gasteiger partial charge in [-0.1, -0.05) is 12.1 Å². The zero-order valence-corrected chi connectivity index (χ0v) is 18.3. The number of hydrogen-bond acceptors (Lipinski definition) is 3. The summed E-state index contributed by atoms with van der Waals surface area (Å²) in [5.74, 6) is 1.03. The monoisotopic (exact) mass is 487 g/mol. The number of halogens is 1. The minimum absolute atomic E-state index is 0. The van der Waals surface area contributed by atoms with Gasteiger partial charge in [-0.15, -0.1) is 24.0 Å². The molecule has 1 aliphatic carbocycles. The number of nitrogens with one attached hydrogen (secondary N) is 4. The van der Waals surface area contributed by atoms with Gasteiger partial charge in [0.2, 0.25) is 5.91 Å². The number of carbonyl (C=O) groups is 2. The molecule has 150 valence electrons. The van der Waals surface area contributed by atoms with E-state index in [1.54, 1.807) is 0 Å². The fraction of sp³-hybridized carbons (Fsp3) is 0.526. The van der Waals surface area contributed by atoms with Crippen molar-refractivity contribution in [2.24, 2.45) is 10.9 Å². The van der Waals surface area contributed by atoms with E-state index in [0.29, 0.717) is 37.7 Å². The Morgan fingerprint density at radius 1 is 0.963 bits per heavy atom. The lowest BCUT2D eigenvalue weighted by atomic mass is 10.1. The first-order valence-corrected chi connectivity index (χ1v) is 9.31. The molecule has 0 spiro atoms. The summed E-state index contributed by atoms with van der Waals surface area (Å²) in [6, 6.07) is 7.44. The van der Waals surface area contributed by atoms with Gasteiger partial charge in [0.05, 0.1) is 6.54 Å². The Hall–Kier alpha value is -1.84. The van der Waals surface area contributed by atoms with Crippen LogP contribution in [0.4, 0.5) is 0 Å². The molecule has 2 rings (SSSR count). The van der Waals surface area contributed by atoms with Crippen LogP contribution in [0.1, 0.15) is 42.6 Å². The predicted molar refractivity (Wildman–Crippen MR) is 118 cm³/mol. The van der Waals surface area contributed by atoms with Gasteiger partial charge >= 0.3 is 0 Å². The summed E-state index contributed by atoms with van der Waals surface area (Å²) in [4.78, 5) is 27.9. The van der Waals surface area contributed by atoms with Gasteiger partial charge in [-0.3, -0.25) is 9.59 Å². The molecule has 27 heavy (non-hydrogen) atoms. The molecular weight excluding hydrogens is 457 g/mol. The van der Waals surface area contributed by atoms with Crippen LogP contribution in [0, 0.1) is 5.92 Å². The van der Waals surface area contributed by atoms with Crippen LogP contribution in [-0.2, 0) is 11.3 Å². The number of aliphatic imine (C=N–C) groups is 1. The fourth-order valence-corrected chi connectivity index (χ4v) is 2.39. The molecule has 1 aromatic rings. The second kappa shape index (κ2) is 12.5. The topological polar surface area (TPSA) is 94.6 Å². The van der Waals surface area contributed by atoms with Crippen LogP contribution in [0.5, 0.6) is 0 Å². The highest BCUT2D eigenvalue weighted by Gasteiger charge is 2.28. The SMILES string of the molecule is CCNC(=O)c1ccc(CN=C(NCC)NCCNC(=O)C2CC2)cc1.I. The Bertz CT molecular complexity index is 629. The number of amides is 2. The van der Waals surface area contributed by atoms with Crippen molar-refractivity contribution < 1.29 is 9.59 Å². The quantitative estimate of drug-likeness (QED) is 0.184. The van der Waals surface area contributed by atoms with Crippen molar-refractivity contribution in [2.75, 3.05) is 26.2 Å². The van der Waals surface area contributed by atoms with Crippen molar-refractivity contribution in [1.82, 2.24) is 21.3 Å². The van der Waals surface area contributed by atoms with Gasteiger partial charge in [0.25, 0.3) is 5.91 Å². The zero-order chi connectivity index (χ0) is 18.8. The molecule has 2 amide bonds. The van der Waals surface area contributed by atoms with Gasteiger partial charge in [-0.05, 0) is 44.4 Å². The summed E-state index contributed by atoms with van der Waals surface area (Å²) >= 11 is 0. The van der Waals surface area contributed by atoms with Gasteiger partial charge < -0.3 is 21.3 Å². The zero-order valence-electron chi connectivity index (χ0n) is 16.0. The van der Waals surface area contributed by atoms with Gasteiger partial charge in [0, 0.05) is 37.7 Å². The van der Waals surface area contributed by atoms with Crippen LogP contribution >= 0.6 is 24.0 Å². The van der Waals surface area contributed by atoms with E-state index in [-0.39, 0.29) is 41.7 Å². The third-order valence-electron chi connectivity index (χ3n) is 3.98. The molecule has 0 aromatic heterocycles. The van der Waals surface area contributed by atoms with Crippen molar-refractivity contribution in [1.29, 1.82) is 0 Å². The average molecular weight is 487 g/mol. The minimum atomic E-state index is -0.0641. The van der Waals surface area contributed by atoms with E-state index in [4.69, 9.17) is 0 Å². The highest BCUT2D eigenvalue weighted by Crippen LogP contribution is 2.28. The van der Waals surface area contributed by atoms with Crippen LogP contribution in [0.25, 0.3) is 0 Å². The van der Waals surface area contributed by atoms with Crippen molar-refractivity contribution >= 4 is 41.8 Å². The van der Waals surface area contributed by atoms with E-state index in [1.807, 2.05) is 38.1 Å². The fourth-order valence-electron chi connectivity index (χ4n) is 2.39. The Morgan fingerprint density at radius 3 is 2.19 bits per heavy atom. The molecule has 1 saturated carbocycles. The number of carbonyl (C=O) groups excluding carboxylic acids is 2. The summed E-state index contributed by atoms with van der Waals surface area (Å²) in [6.45, 7) is 7.00. The van der Waals surface area contributed by atoms with E-state index in [0.717, 1.165) is 24.9 Å². The minimum Gasteiger partial charge on any atom is -0.357 e. The number of hydrogen-bond donors (Lipinski definition) is 4. The molecule has 0 saturated heterocycles. The first kappa shape index (κ1) is 23.2. The second-order valence-corrected chi connectivity index (χ2v) is 6.24. The normalized spacial score (nSPS) is 13.3. The molecule has 1 aliphatic rings. The van der Waals surface area contributed by atoms with Crippen molar-refractivity contribution in [3.05, 3.63) is 35.4 Å². The smallest absolute Gasteiger partial charge is 0.251 e. The van der Waals surface area contributed by atoms with Gasteiger partial charge in [-0.2, -0.15) is 0 Å². The van der Waals surface area contributed by atoms with E-state index < -0.39 is 0 Å². The van der Waals surface area contributed by atoms with E-state index in [9.17, 15) is 9.59 Å². The lowest BCUT2D eigenvalue weighted by Gasteiger charge is -2.12. The number of rotatable bonds is 9.